The van der Waals surface area contributed by atoms with E-state index in [1.54, 1.807) is 111 Å². The van der Waals surface area contributed by atoms with Crippen LogP contribution in [0.25, 0.3) is 21.7 Å². The molecule has 1 fully saturated rings. The Labute approximate surface area is 878 Å². The number of carbonyl (C=O) groups is 9. The molecule has 10 aromatic carbocycles. The van der Waals surface area contributed by atoms with Crippen LogP contribution >= 0.6 is 0 Å². The molecule has 0 bridgehead atoms. The minimum Gasteiger partial charge on any atom is -0.420 e. The molecule has 12 aromatic rings. The summed E-state index contributed by atoms with van der Waals surface area (Å²) in [6, 6.07) is 79.7. The number of piperidine rings is 1. The zero-order chi connectivity index (χ0) is 96.1. The number of anilines is 6. The van der Waals surface area contributed by atoms with Crippen LogP contribution in [-0.4, -0.2) is 204 Å². The van der Waals surface area contributed by atoms with Crippen LogP contribution in [-0.2, 0) is 128 Å². The van der Waals surface area contributed by atoms with Crippen LogP contribution in [0.15, 0.2) is 271 Å². The first-order valence-electron chi connectivity index (χ1n) is 45.1. The molecule has 9 aliphatic rings. The second-order valence-corrected chi connectivity index (χ2v) is 34.0. The Hall–Kier alpha value is -12.2. The van der Waals surface area contributed by atoms with E-state index in [0.29, 0.717) is 61.8 Å². The predicted octanol–water partition coefficient (Wildman–Crippen LogP) is 15.8. The number of para-hydroxylation sites is 7. The van der Waals surface area contributed by atoms with Crippen molar-refractivity contribution in [1.29, 1.82) is 0 Å². The number of rotatable bonds is 0. The van der Waals surface area contributed by atoms with Gasteiger partial charge < -0.3 is 88.6 Å². The van der Waals surface area contributed by atoms with E-state index in [2.05, 4.69) is 45.9 Å². The number of hydrogen-bond donors (Lipinski definition) is 3. The van der Waals surface area contributed by atoms with E-state index in [-0.39, 0.29) is 162 Å². The normalized spacial score (nSPS) is 15.3. The second-order valence-electron chi connectivity index (χ2n) is 34.0. The smallest absolute Gasteiger partial charge is 0.321 e. The van der Waals surface area contributed by atoms with Gasteiger partial charge >= 0.3 is 6.03 Å². The molecule has 9 aliphatic heterocycles. The Balaban J connectivity index is 0.000000234. The number of amides is 9. The minimum atomic E-state index is -0.316. The van der Waals surface area contributed by atoms with Crippen LogP contribution in [0.5, 0.6) is 0 Å². The SMILES string of the molecule is CC(=O)N1CN(C)C(=O)c2ccccc21.CN1C(=O)CCCCc2ccccc21.CN1CC(=O)[CH-]c2ccccc21.CN1CCCCC1=O.CN1CCc2ccccc2C1=O.CN1CNc2ccccc2C1=O.CN1Cc2ccccc2CC1=O.CN1Cc2ccccc2NC1=O.CN1c2ccccc2CCCC1O.Cn1ccc2ccccc2c1=O.Cn1cnc2ccccc2c1=O.[CH3-].[CH3-].[U].[V].[Y]. The fourth-order valence-electron chi connectivity index (χ4n) is 16.1. The monoisotopic (exact) mass is 2220 g/mol. The number of carbonyl (C=O) groups excluding carboxylic acids is 9. The summed E-state index contributed by atoms with van der Waals surface area (Å²) in [6.07, 6.45) is 16.2. The zero-order valence-corrected chi connectivity index (χ0v) is 90.6. The molecule has 1 unspecified atom stereocenters. The molecule has 30 heteroatoms. The molecule has 11 heterocycles. The minimum absolute atomic E-state index is 0. The van der Waals surface area contributed by atoms with Gasteiger partial charge in [0.1, 0.15) is 18.7 Å². The molecule has 139 heavy (non-hydrogen) atoms. The van der Waals surface area contributed by atoms with Crippen molar-refractivity contribution in [2.45, 2.75) is 103 Å². The molecule has 0 aliphatic carbocycles. The maximum absolute atomic E-state index is 11.8. The number of aliphatic hydroxyl groups excluding tert-OH is 1. The number of fused-ring (bicyclic) bond motifs is 10. The van der Waals surface area contributed by atoms with Crippen LogP contribution in [0.3, 0.4) is 0 Å². The van der Waals surface area contributed by atoms with Gasteiger partial charge in [-0.15, -0.1) is 12.5 Å². The molecule has 1 saturated heterocycles. The number of likely N-dealkylation sites (N-methyl/N-ethyl adjacent to an activating group) is 3. The summed E-state index contributed by atoms with van der Waals surface area (Å²) in [7, 11) is 20.0. The molecule has 9 amide bonds. The second kappa shape index (κ2) is 56.7. The summed E-state index contributed by atoms with van der Waals surface area (Å²) < 4.78 is 3.06. The summed E-state index contributed by atoms with van der Waals surface area (Å²) in [6.45, 7) is 6.17. The van der Waals surface area contributed by atoms with Crippen molar-refractivity contribution in [1.82, 2.24) is 43.5 Å². The summed E-state index contributed by atoms with van der Waals surface area (Å²) >= 11 is 0. The number of aryl methyl sites for hydroxylation is 4. The molecule has 2 radical (unpaired) electrons. The van der Waals surface area contributed by atoms with E-state index < -0.39 is 0 Å². The number of likely N-dealkylation sites (tertiary alicyclic amines) is 1. The third-order valence-electron chi connectivity index (χ3n) is 24.1. The Morgan fingerprint density at radius 2 is 0.914 bits per heavy atom. The van der Waals surface area contributed by atoms with E-state index >= 15 is 0 Å². The third kappa shape index (κ3) is 31.9. The average molecular weight is 2220 g/mol. The fraction of sp³-hybridized carbons (Fsp3) is 0.294. The van der Waals surface area contributed by atoms with E-state index in [1.807, 2.05) is 246 Å². The maximum Gasteiger partial charge on any atom is 0.321 e. The van der Waals surface area contributed by atoms with Crippen molar-refractivity contribution in [3.8, 4) is 0 Å². The Kier molecular flexibility index (Phi) is 47.1. The fourth-order valence-corrected chi connectivity index (χ4v) is 16.1. The number of pyridine rings is 1. The number of ketones is 1. The average Bonchev–Trinajstić information content (AvgIpc) is 1.12. The van der Waals surface area contributed by atoms with Crippen molar-refractivity contribution in [3.63, 3.8) is 0 Å². The number of benzene rings is 10. The Bertz CT molecular complexity index is 6080. The van der Waals surface area contributed by atoms with Crippen LogP contribution in [0.2, 0.25) is 0 Å². The van der Waals surface area contributed by atoms with Crippen molar-refractivity contribution >= 4 is 109 Å². The molecule has 0 spiro atoms. The Morgan fingerprint density at radius 1 is 0.410 bits per heavy atom. The topological polar surface area (TPSA) is 287 Å². The van der Waals surface area contributed by atoms with Gasteiger partial charge in [0, 0.05) is 239 Å². The van der Waals surface area contributed by atoms with Crippen LogP contribution in [0.4, 0.5) is 38.9 Å². The third-order valence-corrected chi connectivity index (χ3v) is 24.1. The number of aliphatic hydroxyl groups is 1. The summed E-state index contributed by atoms with van der Waals surface area (Å²) in [5.41, 5.74) is 17.4. The molecule has 2 aromatic heterocycles. The largest absolute Gasteiger partial charge is 0.420 e. The summed E-state index contributed by atoms with van der Waals surface area (Å²) in [5.74, 6) is 1.07. The van der Waals surface area contributed by atoms with Gasteiger partial charge in [-0.2, -0.15) is 11.6 Å². The van der Waals surface area contributed by atoms with Crippen LogP contribution in [0.1, 0.15) is 128 Å². The van der Waals surface area contributed by atoms with Crippen LogP contribution < -0.4 is 41.4 Å². The van der Waals surface area contributed by atoms with Crippen LogP contribution in [0, 0.1) is 52.4 Å². The number of Topliss-reactive ketones (excluding diaryl/α,β-unsaturated/α-hetero) is 1. The quantitative estimate of drug-likeness (QED) is 0.119. The molecular formula is C109H128N15O12UVY-3. The van der Waals surface area contributed by atoms with Crippen molar-refractivity contribution in [2.24, 2.45) is 14.1 Å². The zero-order valence-electron chi connectivity index (χ0n) is 82.2. The number of aromatic nitrogens is 3. The predicted molar refractivity (Wildman–Crippen MR) is 544 cm³/mol. The maximum atomic E-state index is 11.8. The van der Waals surface area contributed by atoms with Gasteiger partial charge in [-0.3, -0.25) is 48.1 Å². The number of urea groups is 1. The molecule has 0 saturated carbocycles. The molecular weight excluding hydrogens is 2090 g/mol. The van der Waals surface area contributed by atoms with E-state index in [4.69, 9.17) is 0 Å². The van der Waals surface area contributed by atoms with Gasteiger partial charge in [-0.1, -0.05) is 169 Å². The standard InChI is InChI=1S/C12H15NO.C11H12N2O2.C11H15NO.C10H10NO.2C10H11NO.C10H9NO.C9H10N2O.C9H8N2O.C9H10N2O.C6H11NO.2CH3.U.V.Y/c1-13-11-8-4-2-6-10(11)7-3-5-9-12(13)14;1-8(14)13-7-12(2)11(15)9-5-3-4-6-10(9)13;1-12-10-7-3-2-5-9(10)6-4-8-11(12)13;1-11-7-9(12)6-8-4-2-3-5-10(8)11;1-11-7-9-5-3-2-4-8(9)6-10(11)12;2*1-11-7-6-8-4-2-3-5-9(8)10(11)12;2*1-11-6-10-8-5-3-2-4-7(8)9(11)12;1-11-6-7-4-2-3-5-8(7)10-9(11)12;1-7-5-3-2-4-6(7)8;;;;;/h2,4,6,8H,3,5,7,9H2,1H3;3-6H,7H2,1-2H3;2-3,5,7,11,13H,4,6,8H2,1H3;2-6H,7H2,1H3;2*2-5H,6-7H2,1H3;2-7H,1H3;2-5,10H,6H2,1H3;2-6H,1H3;2-5H,6H2,1H3,(H,10,12);2-5H2,1H3;2*1H3;;;/q;;;-1;;;;;;;;2*-1;;;. The van der Waals surface area contributed by atoms with Crippen molar-refractivity contribution in [2.75, 3.05) is 127 Å². The van der Waals surface area contributed by atoms with Gasteiger partial charge in [-0.05, 0) is 176 Å². The molecule has 726 valence electrons. The number of hydrogen-bond acceptors (Lipinski definition) is 16. The van der Waals surface area contributed by atoms with E-state index in [0.717, 1.165) is 133 Å². The molecule has 21 rings (SSSR count). The summed E-state index contributed by atoms with van der Waals surface area (Å²) in [4.78, 5) is 147. The first kappa shape index (κ1) is 115. The van der Waals surface area contributed by atoms with Gasteiger partial charge in [0.05, 0.1) is 53.7 Å². The summed E-state index contributed by atoms with van der Waals surface area (Å²) in [5, 5.41) is 18.1. The Morgan fingerprint density at radius 3 is 1.58 bits per heavy atom. The number of nitrogens with one attached hydrogen (secondary N) is 2. The number of nitrogens with zero attached hydrogens (tertiary/aromatic N) is 13. The first-order valence-corrected chi connectivity index (χ1v) is 45.1. The van der Waals surface area contributed by atoms with Gasteiger partial charge in [0.2, 0.25) is 23.6 Å². The van der Waals surface area contributed by atoms with Crippen molar-refractivity contribution in [3.05, 3.63) is 359 Å². The van der Waals surface area contributed by atoms with Crippen molar-refractivity contribution < 1.29 is 131 Å². The first-order chi connectivity index (χ1) is 64.5. The molecule has 1 atom stereocenters. The molecule has 3 N–H and O–H groups in total. The van der Waals surface area contributed by atoms with E-state index in [1.165, 1.54) is 68.2 Å². The molecule has 27 nitrogen and oxygen atoms in total. The van der Waals surface area contributed by atoms with Gasteiger partial charge in [0.15, 0.2) is 0 Å². The van der Waals surface area contributed by atoms with Gasteiger partial charge in [0.25, 0.3) is 28.8 Å². The van der Waals surface area contributed by atoms with E-state index in [9.17, 15) is 57.8 Å². The van der Waals surface area contributed by atoms with Gasteiger partial charge in [-0.25, -0.2) is 9.78 Å².